The highest BCUT2D eigenvalue weighted by Crippen LogP contribution is 2.30. The van der Waals surface area contributed by atoms with Crippen molar-refractivity contribution in [2.24, 2.45) is 5.92 Å². The maximum atomic E-state index is 11.9. The predicted octanol–water partition coefficient (Wildman–Crippen LogP) is 1.76. The van der Waals surface area contributed by atoms with E-state index < -0.39 is 12.0 Å². The van der Waals surface area contributed by atoms with Gasteiger partial charge in [-0.25, -0.2) is 4.79 Å². The molecule has 0 radical (unpaired) electrons. The second-order valence-corrected chi connectivity index (χ2v) is 5.25. The number of carboxylic acids is 1. The lowest BCUT2D eigenvalue weighted by atomic mass is 10.1. The SMILES string of the molecule is O=C(O)[C@@H](c1ccc(O)cc1)N1CC(CBr)CC1=O. The number of carbonyl (C=O) groups excluding carboxylic acids is 1. The summed E-state index contributed by atoms with van der Waals surface area (Å²) in [6.07, 6.45) is 0.368. The first-order chi connectivity index (χ1) is 9.02. The Hall–Kier alpha value is -1.56. The molecule has 19 heavy (non-hydrogen) atoms. The molecule has 0 saturated carbocycles. The molecule has 6 heteroatoms. The molecule has 102 valence electrons. The number of benzene rings is 1. The average Bonchev–Trinajstić information content (AvgIpc) is 2.73. The van der Waals surface area contributed by atoms with Crippen LogP contribution in [0.15, 0.2) is 24.3 Å². The maximum absolute atomic E-state index is 11.9. The van der Waals surface area contributed by atoms with Gasteiger partial charge in [-0.15, -0.1) is 0 Å². The van der Waals surface area contributed by atoms with E-state index in [1.54, 1.807) is 0 Å². The number of phenols is 1. The molecule has 0 bridgehead atoms. The molecule has 1 heterocycles. The van der Waals surface area contributed by atoms with Crippen molar-refractivity contribution in [2.45, 2.75) is 12.5 Å². The highest BCUT2D eigenvalue weighted by molar-refractivity contribution is 9.09. The average molecular weight is 328 g/mol. The van der Waals surface area contributed by atoms with E-state index in [4.69, 9.17) is 0 Å². The Balaban J connectivity index is 2.28. The van der Waals surface area contributed by atoms with Crippen LogP contribution in [-0.2, 0) is 9.59 Å². The van der Waals surface area contributed by atoms with Gasteiger partial charge in [-0.1, -0.05) is 28.1 Å². The van der Waals surface area contributed by atoms with Crippen molar-refractivity contribution < 1.29 is 19.8 Å². The van der Waals surface area contributed by atoms with Crippen molar-refractivity contribution in [1.29, 1.82) is 0 Å². The molecule has 1 aliphatic rings. The number of halogens is 1. The van der Waals surface area contributed by atoms with Crippen LogP contribution in [0.25, 0.3) is 0 Å². The first-order valence-electron chi connectivity index (χ1n) is 5.90. The molecule has 1 fully saturated rings. The number of carbonyl (C=O) groups is 2. The number of nitrogens with zero attached hydrogens (tertiary/aromatic N) is 1. The molecule has 1 aromatic rings. The molecule has 0 aliphatic carbocycles. The standard InChI is InChI=1S/C13H14BrNO4/c14-6-8-5-11(17)15(7-8)12(13(18)19)9-1-3-10(16)4-2-9/h1-4,8,12,16H,5-7H2,(H,18,19)/t8?,12-/m1/s1. The molecule has 2 rings (SSSR count). The third-order valence-electron chi connectivity index (χ3n) is 3.21. The molecule has 2 atom stereocenters. The first kappa shape index (κ1) is 13.9. The third kappa shape index (κ3) is 2.89. The minimum absolute atomic E-state index is 0.0685. The molecule has 0 spiro atoms. The lowest BCUT2D eigenvalue weighted by Gasteiger charge is -2.25. The van der Waals surface area contributed by atoms with E-state index in [0.717, 1.165) is 0 Å². The fourth-order valence-corrected chi connectivity index (χ4v) is 2.71. The number of rotatable bonds is 4. The summed E-state index contributed by atoms with van der Waals surface area (Å²) in [4.78, 5) is 24.8. The number of amides is 1. The van der Waals surface area contributed by atoms with Gasteiger partial charge in [0.2, 0.25) is 5.91 Å². The highest BCUT2D eigenvalue weighted by Gasteiger charge is 2.38. The number of hydrogen-bond donors (Lipinski definition) is 2. The Morgan fingerprint density at radius 1 is 1.42 bits per heavy atom. The van der Waals surface area contributed by atoms with Gasteiger partial charge in [0.25, 0.3) is 0 Å². The Labute approximate surface area is 119 Å². The largest absolute Gasteiger partial charge is 0.508 e. The third-order valence-corrected chi connectivity index (χ3v) is 4.13. The molecule has 1 unspecified atom stereocenters. The van der Waals surface area contributed by atoms with Crippen LogP contribution in [0.5, 0.6) is 5.75 Å². The predicted molar refractivity (Wildman–Crippen MR) is 72.1 cm³/mol. The van der Waals surface area contributed by atoms with Gasteiger partial charge in [0.15, 0.2) is 6.04 Å². The van der Waals surface area contributed by atoms with E-state index in [-0.39, 0.29) is 17.6 Å². The van der Waals surface area contributed by atoms with Crippen molar-refractivity contribution in [3.63, 3.8) is 0 Å². The summed E-state index contributed by atoms with van der Waals surface area (Å²) in [6.45, 7) is 0.432. The second kappa shape index (κ2) is 5.61. The zero-order valence-corrected chi connectivity index (χ0v) is 11.7. The number of phenolic OH excluding ortho intramolecular Hbond substituents is 1. The summed E-state index contributed by atoms with van der Waals surface area (Å²) in [6, 6.07) is 4.92. The number of likely N-dealkylation sites (tertiary alicyclic amines) is 1. The van der Waals surface area contributed by atoms with E-state index in [0.29, 0.717) is 23.9 Å². The van der Waals surface area contributed by atoms with Crippen molar-refractivity contribution in [1.82, 2.24) is 4.90 Å². The number of alkyl halides is 1. The number of aromatic hydroxyl groups is 1. The van der Waals surface area contributed by atoms with Gasteiger partial charge in [0.1, 0.15) is 5.75 Å². The second-order valence-electron chi connectivity index (χ2n) is 4.60. The zero-order valence-electron chi connectivity index (χ0n) is 10.1. The van der Waals surface area contributed by atoms with E-state index in [2.05, 4.69) is 15.9 Å². The van der Waals surface area contributed by atoms with Crippen LogP contribution in [0.1, 0.15) is 18.0 Å². The number of aliphatic carboxylic acids is 1. The summed E-state index contributed by atoms with van der Waals surface area (Å²) in [5.41, 5.74) is 0.494. The monoisotopic (exact) mass is 327 g/mol. The minimum Gasteiger partial charge on any atom is -0.508 e. The van der Waals surface area contributed by atoms with Crippen LogP contribution < -0.4 is 0 Å². The van der Waals surface area contributed by atoms with Crippen molar-refractivity contribution in [2.75, 3.05) is 11.9 Å². The van der Waals surface area contributed by atoms with Gasteiger partial charge in [0.05, 0.1) is 0 Å². The molecule has 1 saturated heterocycles. The molecule has 1 aromatic carbocycles. The zero-order chi connectivity index (χ0) is 14.0. The summed E-state index contributed by atoms with van der Waals surface area (Å²) in [7, 11) is 0. The Bertz CT molecular complexity index is 488. The molecular formula is C13H14BrNO4. The fraction of sp³-hybridized carbons (Fsp3) is 0.385. The summed E-state index contributed by atoms with van der Waals surface area (Å²) in [5.74, 6) is -0.996. The maximum Gasteiger partial charge on any atom is 0.331 e. The first-order valence-corrected chi connectivity index (χ1v) is 7.02. The van der Waals surface area contributed by atoms with Crippen molar-refractivity contribution >= 4 is 27.8 Å². The fourth-order valence-electron chi connectivity index (χ4n) is 2.27. The Morgan fingerprint density at radius 3 is 2.53 bits per heavy atom. The summed E-state index contributed by atoms with van der Waals surface area (Å²) in [5, 5.41) is 19.3. The van der Waals surface area contributed by atoms with E-state index in [9.17, 15) is 19.8 Å². The van der Waals surface area contributed by atoms with Crippen LogP contribution in [-0.4, -0.2) is 38.9 Å². The smallest absolute Gasteiger partial charge is 0.331 e. The van der Waals surface area contributed by atoms with Crippen molar-refractivity contribution in [3.8, 4) is 5.75 Å². The van der Waals surface area contributed by atoms with E-state index >= 15 is 0 Å². The van der Waals surface area contributed by atoms with Crippen LogP contribution in [0, 0.1) is 5.92 Å². The molecule has 2 N–H and O–H groups in total. The van der Waals surface area contributed by atoms with Crippen molar-refractivity contribution in [3.05, 3.63) is 29.8 Å². The summed E-state index contributed by atoms with van der Waals surface area (Å²) < 4.78 is 0. The van der Waals surface area contributed by atoms with Crippen LogP contribution in [0.3, 0.4) is 0 Å². The van der Waals surface area contributed by atoms with Gasteiger partial charge in [-0.3, -0.25) is 4.79 Å². The molecule has 1 amide bonds. The van der Waals surface area contributed by atoms with Gasteiger partial charge in [-0.05, 0) is 23.6 Å². The molecular weight excluding hydrogens is 314 g/mol. The van der Waals surface area contributed by atoms with Gasteiger partial charge >= 0.3 is 5.97 Å². The van der Waals surface area contributed by atoms with Gasteiger partial charge in [-0.2, -0.15) is 0 Å². The lowest BCUT2D eigenvalue weighted by Crippen LogP contribution is -2.35. The Morgan fingerprint density at radius 2 is 2.05 bits per heavy atom. The molecule has 5 nitrogen and oxygen atoms in total. The van der Waals surface area contributed by atoms with Gasteiger partial charge < -0.3 is 15.1 Å². The number of hydrogen-bond acceptors (Lipinski definition) is 3. The summed E-state index contributed by atoms with van der Waals surface area (Å²) >= 11 is 3.32. The lowest BCUT2D eigenvalue weighted by molar-refractivity contribution is -0.148. The quantitative estimate of drug-likeness (QED) is 0.826. The van der Waals surface area contributed by atoms with E-state index in [1.807, 2.05) is 0 Å². The Kier molecular flexibility index (Phi) is 4.09. The van der Waals surface area contributed by atoms with Crippen LogP contribution >= 0.6 is 15.9 Å². The molecule has 1 aliphatic heterocycles. The molecule has 0 aromatic heterocycles. The normalized spacial score (nSPS) is 20.6. The van der Waals surface area contributed by atoms with E-state index in [1.165, 1.54) is 29.2 Å². The van der Waals surface area contributed by atoms with Gasteiger partial charge in [0, 0.05) is 18.3 Å². The minimum atomic E-state index is -1.06. The highest BCUT2D eigenvalue weighted by atomic mass is 79.9. The number of carboxylic acid groups (broad SMARTS) is 1. The van der Waals surface area contributed by atoms with Crippen LogP contribution in [0.4, 0.5) is 0 Å². The topological polar surface area (TPSA) is 77.8 Å². The van der Waals surface area contributed by atoms with Crippen LogP contribution in [0.2, 0.25) is 0 Å².